The van der Waals surface area contributed by atoms with Crippen LogP contribution in [0.15, 0.2) is 36.9 Å². The lowest BCUT2D eigenvalue weighted by atomic mass is 9.72. The third-order valence-corrected chi connectivity index (χ3v) is 6.91. The Labute approximate surface area is 177 Å². The second-order valence-electron chi connectivity index (χ2n) is 8.78. The SMILES string of the molecule is C=CCNC(=O)c1c(NC(=O)c2ccccc2C)sc2c1CC[C@H](C(C)(C)C)C2. The first-order valence-corrected chi connectivity index (χ1v) is 10.9. The van der Waals surface area contributed by atoms with E-state index in [4.69, 9.17) is 0 Å². The minimum Gasteiger partial charge on any atom is -0.348 e. The molecule has 3 rings (SSSR count). The fourth-order valence-electron chi connectivity index (χ4n) is 3.90. The Balaban J connectivity index is 1.96. The number of fused-ring (bicyclic) bond motifs is 1. The maximum atomic E-state index is 12.9. The molecule has 2 N–H and O–H groups in total. The van der Waals surface area contributed by atoms with Gasteiger partial charge in [0.2, 0.25) is 0 Å². The number of thiophene rings is 1. The van der Waals surface area contributed by atoms with E-state index in [1.165, 1.54) is 4.88 Å². The molecule has 0 bridgehead atoms. The second-order valence-corrected chi connectivity index (χ2v) is 9.89. The van der Waals surface area contributed by atoms with Gasteiger partial charge in [0, 0.05) is 17.0 Å². The molecule has 5 heteroatoms. The summed E-state index contributed by atoms with van der Waals surface area (Å²) in [5.41, 5.74) is 3.48. The molecule has 0 saturated heterocycles. The first-order chi connectivity index (χ1) is 13.7. The Morgan fingerprint density at radius 1 is 1.24 bits per heavy atom. The van der Waals surface area contributed by atoms with Crippen LogP contribution >= 0.6 is 11.3 Å². The Hall–Kier alpha value is -2.40. The van der Waals surface area contributed by atoms with E-state index >= 15 is 0 Å². The highest BCUT2D eigenvalue weighted by molar-refractivity contribution is 7.17. The van der Waals surface area contributed by atoms with E-state index in [0.29, 0.717) is 28.6 Å². The molecule has 0 saturated carbocycles. The van der Waals surface area contributed by atoms with Gasteiger partial charge < -0.3 is 10.6 Å². The minimum absolute atomic E-state index is 0.142. The molecule has 0 aliphatic heterocycles. The first kappa shape index (κ1) is 21.3. The molecule has 0 spiro atoms. The van der Waals surface area contributed by atoms with Crippen LogP contribution < -0.4 is 10.6 Å². The minimum atomic E-state index is -0.174. The monoisotopic (exact) mass is 410 g/mol. The molecule has 0 radical (unpaired) electrons. The zero-order valence-electron chi connectivity index (χ0n) is 17.7. The van der Waals surface area contributed by atoms with Gasteiger partial charge in [0.1, 0.15) is 5.00 Å². The smallest absolute Gasteiger partial charge is 0.256 e. The summed E-state index contributed by atoms with van der Waals surface area (Å²) in [7, 11) is 0. The summed E-state index contributed by atoms with van der Waals surface area (Å²) in [5, 5.41) is 6.57. The summed E-state index contributed by atoms with van der Waals surface area (Å²) >= 11 is 1.55. The normalized spacial score (nSPS) is 16.1. The fourth-order valence-corrected chi connectivity index (χ4v) is 5.22. The van der Waals surface area contributed by atoms with Crippen LogP contribution in [0.2, 0.25) is 0 Å². The molecule has 2 amide bonds. The Morgan fingerprint density at radius 3 is 2.62 bits per heavy atom. The molecule has 1 aromatic heterocycles. The Bertz CT molecular complexity index is 937. The van der Waals surface area contributed by atoms with Crippen molar-refractivity contribution in [2.45, 2.75) is 47.0 Å². The number of carbonyl (C=O) groups is 2. The van der Waals surface area contributed by atoms with Gasteiger partial charge >= 0.3 is 0 Å². The molecule has 1 heterocycles. The van der Waals surface area contributed by atoms with Crippen molar-refractivity contribution in [3.8, 4) is 0 Å². The van der Waals surface area contributed by atoms with Crippen LogP contribution in [0.4, 0.5) is 5.00 Å². The predicted octanol–water partition coefficient (Wildman–Crippen LogP) is 5.38. The molecule has 1 aliphatic carbocycles. The van der Waals surface area contributed by atoms with Crippen LogP contribution in [0.25, 0.3) is 0 Å². The van der Waals surface area contributed by atoms with E-state index in [1.54, 1.807) is 17.4 Å². The number of anilines is 1. The fraction of sp³-hybridized carbons (Fsp3) is 0.417. The van der Waals surface area contributed by atoms with Gasteiger partial charge in [-0.3, -0.25) is 9.59 Å². The highest BCUT2D eigenvalue weighted by Crippen LogP contribution is 2.44. The van der Waals surface area contributed by atoms with Gasteiger partial charge in [-0.25, -0.2) is 0 Å². The zero-order valence-corrected chi connectivity index (χ0v) is 18.5. The number of aryl methyl sites for hydroxylation is 1. The van der Waals surface area contributed by atoms with Gasteiger partial charge in [0.15, 0.2) is 0 Å². The van der Waals surface area contributed by atoms with Crippen molar-refractivity contribution in [3.63, 3.8) is 0 Å². The maximum absolute atomic E-state index is 12.9. The molecule has 154 valence electrons. The summed E-state index contributed by atoms with van der Waals surface area (Å²) in [5.74, 6) is 0.251. The van der Waals surface area contributed by atoms with Crippen molar-refractivity contribution in [3.05, 3.63) is 64.1 Å². The zero-order chi connectivity index (χ0) is 21.2. The average Bonchev–Trinajstić information content (AvgIpc) is 3.02. The van der Waals surface area contributed by atoms with Crippen molar-refractivity contribution >= 4 is 28.2 Å². The van der Waals surface area contributed by atoms with E-state index in [9.17, 15) is 9.59 Å². The van der Waals surface area contributed by atoms with Crippen LogP contribution in [0.3, 0.4) is 0 Å². The standard InChI is InChI=1S/C24H30N2O2S/c1-6-13-25-22(28)20-18-12-11-16(24(3,4)5)14-19(18)29-23(20)26-21(27)17-10-8-7-9-15(17)2/h6-10,16H,1,11-14H2,2-5H3,(H,25,28)(H,26,27)/t16-/m0/s1. The lowest BCUT2D eigenvalue weighted by Gasteiger charge is -2.33. The van der Waals surface area contributed by atoms with Crippen molar-refractivity contribution in [2.24, 2.45) is 11.3 Å². The van der Waals surface area contributed by atoms with Gasteiger partial charge in [0.05, 0.1) is 5.56 Å². The van der Waals surface area contributed by atoms with Crippen LogP contribution in [-0.4, -0.2) is 18.4 Å². The molecule has 1 atom stereocenters. The first-order valence-electron chi connectivity index (χ1n) is 10.1. The summed E-state index contributed by atoms with van der Waals surface area (Å²) in [6.07, 6.45) is 4.54. The van der Waals surface area contributed by atoms with Crippen molar-refractivity contribution in [1.82, 2.24) is 5.32 Å². The summed E-state index contributed by atoms with van der Waals surface area (Å²) in [6, 6.07) is 7.50. The van der Waals surface area contributed by atoms with E-state index in [2.05, 4.69) is 38.0 Å². The Morgan fingerprint density at radius 2 is 1.97 bits per heavy atom. The predicted molar refractivity (Wildman–Crippen MR) is 121 cm³/mol. The van der Waals surface area contributed by atoms with Crippen LogP contribution in [-0.2, 0) is 12.8 Å². The average molecular weight is 411 g/mol. The van der Waals surface area contributed by atoms with Crippen molar-refractivity contribution < 1.29 is 9.59 Å². The second kappa shape index (κ2) is 8.54. The van der Waals surface area contributed by atoms with Crippen LogP contribution in [0.1, 0.15) is 63.9 Å². The van der Waals surface area contributed by atoms with E-state index in [0.717, 1.165) is 30.4 Å². The third kappa shape index (κ3) is 4.61. The Kier molecular flexibility index (Phi) is 6.27. The maximum Gasteiger partial charge on any atom is 0.256 e. The molecule has 0 fully saturated rings. The van der Waals surface area contributed by atoms with E-state index in [1.807, 2.05) is 31.2 Å². The number of rotatable bonds is 5. The van der Waals surface area contributed by atoms with E-state index in [-0.39, 0.29) is 17.2 Å². The quantitative estimate of drug-likeness (QED) is 0.651. The molecule has 4 nitrogen and oxygen atoms in total. The number of benzene rings is 1. The lowest BCUT2D eigenvalue weighted by molar-refractivity contribution is 0.0957. The van der Waals surface area contributed by atoms with Gasteiger partial charge in [-0.05, 0) is 54.7 Å². The van der Waals surface area contributed by atoms with Gasteiger partial charge in [-0.2, -0.15) is 0 Å². The summed E-state index contributed by atoms with van der Waals surface area (Å²) in [4.78, 5) is 27.0. The number of carbonyl (C=O) groups excluding carboxylic acids is 2. The molecular formula is C24H30N2O2S. The van der Waals surface area contributed by atoms with Crippen molar-refractivity contribution in [2.75, 3.05) is 11.9 Å². The number of hydrogen-bond donors (Lipinski definition) is 2. The van der Waals surface area contributed by atoms with Crippen molar-refractivity contribution in [1.29, 1.82) is 0 Å². The van der Waals surface area contributed by atoms with Crippen LogP contribution in [0.5, 0.6) is 0 Å². The number of hydrogen-bond acceptors (Lipinski definition) is 3. The molecule has 1 aromatic carbocycles. The van der Waals surface area contributed by atoms with Gasteiger partial charge in [0.25, 0.3) is 11.8 Å². The molecule has 1 aliphatic rings. The van der Waals surface area contributed by atoms with Crippen LogP contribution in [0, 0.1) is 18.3 Å². The number of amides is 2. The lowest BCUT2D eigenvalue weighted by Crippen LogP contribution is -2.29. The largest absolute Gasteiger partial charge is 0.348 e. The van der Waals surface area contributed by atoms with Gasteiger partial charge in [-0.1, -0.05) is 45.0 Å². The highest BCUT2D eigenvalue weighted by Gasteiger charge is 2.34. The summed E-state index contributed by atoms with van der Waals surface area (Å²) in [6.45, 7) is 12.8. The molecule has 29 heavy (non-hydrogen) atoms. The van der Waals surface area contributed by atoms with Gasteiger partial charge in [-0.15, -0.1) is 17.9 Å². The summed E-state index contributed by atoms with van der Waals surface area (Å²) < 4.78 is 0. The highest BCUT2D eigenvalue weighted by atomic mass is 32.1. The topological polar surface area (TPSA) is 58.2 Å². The number of nitrogens with one attached hydrogen (secondary N) is 2. The third-order valence-electron chi connectivity index (χ3n) is 5.74. The molecule has 2 aromatic rings. The van der Waals surface area contributed by atoms with E-state index < -0.39 is 0 Å². The molecular weight excluding hydrogens is 380 g/mol. The molecule has 0 unspecified atom stereocenters.